The molecule has 0 aromatic carbocycles. The molecule has 0 amide bonds. The van der Waals surface area contributed by atoms with E-state index in [-0.39, 0.29) is 0 Å². The van der Waals surface area contributed by atoms with Crippen LogP contribution in [0.3, 0.4) is 0 Å². The number of imidazole rings is 1. The first-order valence-electron chi connectivity index (χ1n) is 4.79. The monoisotopic (exact) mass is 198 g/mol. The van der Waals surface area contributed by atoms with E-state index in [0.717, 1.165) is 6.54 Å². The van der Waals surface area contributed by atoms with Crippen LogP contribution in [0.5, 0.6) is 0 Å². The van der Waals surface area contributed by atoms with Crippen molar-refractivity contribution < 1.29 is 0 Å². The predicted molar refractivity (Wildman–Crippen MR) is 56.5 cm³/mol. The van der Waals surface area contributed by atoms with Gasteiger partial charge in [0.25, 0.3) is 0 Å². The second kappa shape index (κ2) is 3.24. The predicted octanol–water partition coefficient (Wildman–Crippen LogP) is 1.58. The van der Waals surface area contributed by atoms with Crippen molar-refractivity contribution in [1.29, 1.82) is 0 Å². The molecule has 0 aliphatic rings. The maximum atomic E-state index is 4.11. The summed E-state index contributed by atoms with van der Waals surface area (Å²) in [6.45, 7) is 0.819. The largest absolute Gasteiger partial charge is 0.332 e. The summed E-state index contributed by atoms with van der Waals surface area (Å²) in [6, 6.07) is 6.20. The maximum absolute atomic E-state index is 4.11. The van der Waals surface area contributed by atoms with E-state index in [1.807, 2.05) is 29.5 Å². The molecule has 0 atom stereocenters. The van der Waals surface area contributed by atoms with Gasteiger partial charge in [0, 0.05) is 29.8 Å². The molecule has 15 heavy (non-hydrogen) atoms. The summed E-state index contributed by atoms with van der Waals surface area (Å²) in [7, 11) is 0. The van der Waals surface area contributed by atoms with Gasteiger partial charge in [-0.25, -0.2) is 9.97 Å². The molecule has 0 spiro atoms. The highest BCUT2D eigenvalue weighted by Gasteiger charge is 2.01. The minimum absolute atomic E-state index is 0.819. The Morgan fingerprint density at radius 1 is 1.00 bits per heavy atom. The van der Waals surface area contributed by atoms with Gasteiger partial charge in [-0.2, -0.15) is 0 Å². The van der Waals surface area contributed by atoms with Crippen LogP contribution in [-0.2, 0) is 6.54 Å². The van der Waals surface area contributed by atoms with Gasteiger partial charge in [0.05, 0.1) is 19.2 Å². The van der Waals surface area contributed by atoms with E-state index in [0.29, 0.717) is 0 Å². The Labute approximate surface area is 86.8 Å². The molecule has 0 N–H and O–H groups in total. The smallest absolute Gasteiger partial charge is 0.0993 e. The highest BCUT2D eigenvalue weighted by atomic mass is 15.1. The van der Waals surface area contributed by atoms with Crippen LogP contribution in [-0.4, -0.2) is 18.9 Å². The van der Waals surface area contributed by atoms with Gasteiger partial charge >= 0.3 is 0 Å². The van der Waals surface area contributed by atoms with Crippen LogP contribution in [0.1, 0.15) is 5.69 Å². The van der Waals surface area contributed by atoms with Gasteiger partial charge in [-0.05, 0) is 18.2 Å². The first-order valence-corrected chi connectivity index (χ1v) is 4.79. The lowest BCUT2D eigenvalue weighted by Crippen LogP contribution is -2.00. The molecule has 0 saturated carbocycles. The fourth-order valence-corrected chi connectivity index (χ4v) is 1.71. The summed E-state index contributed by atoms with van der Waals surface area (Å²) in [6.07, 6.45) is 9.19. The number of nitrogens with zero attached hydrogens (tertiary/aromatic N) is 4. The van der Waals surface area contributed by atoms with E-state index in [1.165, 1.54) is 11.2 Å². The van der Waals surface area contributed by atoms with Crippen molar-refractivity contribution in [2.75, 3.05) is 0 Å². The molecule has 0 bridgehead atoms. The van der Waals surface area contributed by atoms with Crippen molar-refractivity contribution in [3.8, 4) is 0 Å². The molecule has 3 rings (SSSR count). The van der Waals surface area contributed by atoms with Crippen LogP contribution >= 0.6 is 0 Å². The van der Waals surface area contributed by atoms with Crippen LogP contribution in [0, 0.1) is 0 Å². The average molecular weight is 198 g/mol. The van der Waals surface area contributed by atoms with Crippen molar-refractivity contribution in [3.05, 3.63) is 55.1 Å². The van der Waals surface area contributed by atoms with Crippen molar-refractivity contribution >= 4 is 5.52 Å². The minimum Gasteiger partial charge on any atom is -0.332 e. The van der Waals surface area contributed by atoms with E-state index in [9.17, 15) is 0 Å². The minimum atomic E-state index is 0.819. The molecule has 3 aromatic heterocycles. The van der Waals surface area contributed by atoms with E-state index in [2.05, 4.69) is 26.5 Å². The molecule has 3 aromatic rings. The molecule has 0 saturated heterocycles. The molecule has 0 aliphatic carbocycles. The van der Waals surface area contributed by atoms with Gasteiger partial charge in [-0.15, -0.1) is 0 Å². The highest BCUT2D eigenvalue weighted by Crippen LogP contribution is 2.09. The SMILES string of the molecule is c1cn(Cc2ccc3ccncn23)cn1. The van der Waals surface area contributed by atoms with Crippen LogP contribution in [0.2, 0.25) is 0 Å². The lowest BCUT2D eigenvalue weighted by atomic mass is 10.4. The Kier molecular flexibility index (Phi) is 1.78. The second-order valence-electron chi connectivity index (χ2n) is 3.43. The fourth-order valence-electron chi connectivity index (χ4n) is 1.71. The molecule has 0 unspecified atom stereocenters. The molecule has 3 heterocycles. The molecular formula is C11H10N4. The Balaban J connectivity index is 2.05. The number of hydrogen-bond donors (Lipinski definition) is 0. The maximum Gasteiger partial charge on any atom is 0.0993 e. The zero-order valence-corrected chi connectivity index (χ0v) is 8.11. The van der Waals surface area contributed by atoms with Crippen molar-refractivity contribution in [2.24, 2.45) is 0 Å². The number of aromatic nitrogens is 4. The summed E-state index contributed by atoms with van der Waals surface area (Å²) in [5.41, 5.74) is 2.37. The summed E-state index contributed by atoms with van der Waals surface area (Å²) in [4.78, 5) is 8.13. The molecular weight excluding hydrogens is 188 g/mol. The fraction of sp³-hybridized carbons (Fsp3) is 0.0909. The van der Waals surface area contributed by atoms with Gasteiger partial charge in [-0.3, -0.25) is 0 Å². The standard InChI is InChI=1S/C11H10N4/c1-2-11(7-14-6-5-13-8-14)15-9-12-4-3-10(1)15/h1-6,8-9H,7H2. The Morgan fingerprint density at radius 2 is 1.93 bits per heavy atom. The zero-order valence-electron chi connectivity index (χ0n) is 8.11. The van der Waals surface area contributed by atoms with E-state index >= 15 is 0 Å². The normalized spacial score (nSPS) is 10.9. The van der Waals surface area contributed by atoms with E-state index in [1.54, 1.807) is 12.4 Å². The van der Waals surface area contributed by atoms with Crippen molar-refractivity contribution in [1.82, 2.24) is 18.9 Å². The Bertz CT molecular complexity index is 565. The number of rotatable bonds is 2. The van der Waals surface area contributed by atoms with Crippen LogP contribution in [0.25, 0.3) is 5.52 Å². The second-order valence-corrected chi connectivity index (χ2v) is 3.43. The Hall–Kier alpha value is -2.10. The first kappa shape index (κ1) is 8.23. The van der Waals surface area contributed by atoms with Gasteiger partial charge < -0.3 is 8.97 Å². The summed E-state index contributed by atoms with van der Waals surface area (Å²) < 4.78 is 4.12. The number of hydrogen-bond acceptors (Lipinski definition) is 2. The highest BCUT2D eigenvalue weighted by molar-refractivity contribution is 5.48. The van der Waals surface area contributed by atoms with Crippen LogP contribution < -0.4 is 0 Å². The molecule has 0 radical (unpaired) electrons. The molecule has 0 aliphatic heterocycles. The van der Waals surface area contributed by atoms with Crippen molar-refractivity contribution in [2.45, 2.75) is 6.54 Å². The third kappa shape index (κ3) is 1.40. The molecule has 4 heteroatoms. The van der Waals surface area contributed by atoms with E-state index < -0.39 is 0 Å². The van der Waals surface area contributed by atoms with E-state index in [4.69, 9.17) is 0 Å². The Morgan fingerprint density at radius 3 is 2.80 bits per heavy atom. The summed E-state index contributed by atoms with van der Waals surface area (Å²) in [5, 5.41) is 0. The third-order valence-electron chi connectivity index (χ3n) is 2.45. The van der Waals surface area contributed by atoms with Gasteiger partial charge in [-0.1, -0.05) is 0 Å². The number of fused-ring (bicyclic) bond motifs is 1. The van der Waals surface area contributed by atoms with Crippen LogP contribution in [0.15, 0.2) is 49.4 Å². The van der Waals surface area contributed by atoms with Gasteiger partial charge in [0.2, 0.25) is 0 Å². The molecule has 74 valence electrons. The third-order valence-corrected chi connectivity index (χ3v) is 2.45. The topological polar surface area (TPSA) is 35.1 Å². The quantitative estimate of drug-likeness (QED) is 0.626. The lowest BCUT2D eigenvalue weighted by Gasteiger charge is -2.02. The zero-order chi connectivity index (χ0) is 10.1. The summed E-state index contributed by atoms with van der Waals surface area (Å²) in [5.74, 6) is 0. The first-order chi connectivity index (χ1) is 7.43. The van der Waals surface area contributed by atoms with Crippen LogP contribution in [0.4, 0.5) is 0 Å². The average Bonchev–Trinajstić information content (AvgIpc) is 2.89. The summed E-state index contributed by atoms with van der Waals surface area (Å²) >= 11 is 0. The lowest BCUT2D eigenvalue weighted by molar-refractivity contribution is 0.762. The molecule has 0 fully saturated rings. The van der Waals surface area contributed by atoms with Gasteiger partial charge in [0.1, 0.15) is 0 Å². The van der Waals surface area contributed by atoms with Gasteiger partial charge in [0.15, 0.2) is 0 Å². The molecule has 4 nitrogen and oxygen atoms in total. The van der Waals surface area contributed by atoms with Crippen molar-refractivity contribution in [3.63, 3.8) is 0 Å².